The number of hydrazine groups is 1. The van der Waals surface area contributed by atoms with Gasteiger partial charge in [-0.25, -0.2) is 5.43 Å². The molecule has 0 amide bonds. The van der Waals surface area contributed by atoms with Gasteiger partial charge in [0.15, 0.2) is 0 Å². The van der Waals surface area contributed by atoms with Gasteiger partial charge in [-0.2, -0.15) is 5.10 Å². The predicted molar refractivity (Wildman–Crippen MR) is 60.4 cm³/mol. The lowest BCUT2D eigenvalue weighted by atomic mass is 10.1. The molecule has 0 saturated carbocycles. The third kappa shape index (κ3) is 2.15. The molecule has 5 nitrogen and oxygen atoms in total. The van der Waals surface area contributed by atoms with E-state index >= 15 is 0 Å². The van der Waals surface area contributed by atoms with E-state index in [1.54, 1.807) is 6.26 Å². The molecule has 3 N–H and O–H groups in total. The highest BCUT2D eigenvalue weighted by atomic mass is 16.3. The third-order valence-electron chi connectivity index (χ3n) is 2.43. The van der Waals surface area contributed by atoms with Crippen LogP contribution in [0.4, 0.5) is 0 Å². The van der Waals surface area contributed by atoms with Gasteiger partial charge in [-0.3, -0.25) is 10.5 Å². The van der Waals surface area contributed by atoms with Gasteiger partial charge in [-0.15, -0.1) is 0 Å². The Morgan fingerprint density at radius 1 is 1.62 bits per heavy atom. The summed E-state index contributed by atoms with van der Waals surface area (Å²) in [5.41, 5.74) is 3.73. The molecule has 0 radical (unpaired) electrons. The first-order valence-electron chi connectivity index (χ1n) is 5.37. The summed E-state index contributed by atoms with van der Waals surface area (Å²) in [6, 6.07) is 3.60. The van der Waals surface area contributed by atoms with E-state index in [9.17, 15) is 0 Å². The van der Waals surface area contributed by atoms with Gasteiger partial charge in [-0.05, 0) is 18.6 Å². The van der Waals surface area contributed by atoms with Crippen LogP contribution in [0, 0.1) is 0 Å². The molecule has 0 aliphatic heterocycles. The van der Waals surface area contributed by atoms with Crippen LogP contribution in [0.3, 0.4) is 0 Å². The lowest BCUT2D eigenvalue weighted by Gasteiger charge is -2.10. The molecule has 2 heterocycles. The molecule has 1 unspecified atom stereocenters. The summed E-state index contributed by atoms with van der Waals surface area (Å²) in [5, 5.41) is 4.26. The zero-order valence-corrected chi connectivity index (χ0v) is 9.26. The molecule has 0 aliphatic rings. The van der Waals surface area contributed by atoms with Gasteiger partial charge >= 0.3 is 0 Å². The fraction of sp³-hybridized carbons (Fsp3) is 0.364. The van der Waals surface area contributed by atoms with Crippen LogP contribution in [0.1, 0.15) is 30.7 Å². The average molecular weight is 220 g/mol. The second-order valence-corrected chi connectivity index (χ2v) is 3.65. The molecule has 0 bridgehead atoms. The largest absolute Gasteiger partial charge is 0.467 e. The molecule has 0 spiro atoms. The normalized spacial score (nSPS) is 12.9. The molecule has 0 aliphatic carbocycles. The Morgan fingerprint density at radius 2 is 2.50 bits per heavy atom. The van der Waals surface area contributed by atoms with Crippen molar-refractivity contribution in [1.29, 1.82) is 0 Å². The van der Waals surface area contributed by atoms with Crippen molar-refractivity contribution in [2.24, 2.45) is 5.84 Å². The zero-order chi connectivity index (χ0) is 11.4. The molecule has 1 atom stereocenters. The summed E-state index contributed by atoms with van der Waals surface area (Å²) in [7, 11) is 0. The maximum absolute atomic E-state index is 5.53. The smallest absolute Gasteiger partial charge is 0.126 e. The van der Waals surface area contributed by atoms with Crippen molar-refractivity contribution in [3.8, 4) is 0 Å². The molecule has 0 saturated heterocycles. The Bertz CT molecular complexity index is 421. The topological polar surface area (TPSA) is 69.0 Å². The number of hydrogen-bond acceptors (Lipinski definition) is 4. The molecule has 5 heteroatoms. The first kappa shape index (κ1) is 10.9. The van der Waals surface area contributed by atoms with E-state index in [1.165, 1.54) is 0 Å². The molecule has 86 valence electrons. The first-order valence-corrected chi connectivity index (χ1v) is 5.37. The highest BCUT2D eigenvalue weighted by Gasteiger charge is 2.16. The van der Waals surface area contributed by atoms with E-state index in [1.807, 2.05) is 29.2 Å². The van der Waals surface area contributed by atoms with Gasteiger partial charge < -0.3 is 4.42 Å². The number of hydrogen-bond donors (Lipinski definition) is 2. The summed E-state index contributed by atoms with van der Waals surface area (Å²) >= 11 is 0. The van der Waals surface area contributed by atoms with Crippen molar-refractivity contribution < 1.29 is 4.42 Å². The highest BCUT2D eigenvalue weighted by molar-refractivity contribution is 5.21. The summed E-state index contributed by atoms with van der Waals surface area (Å²) in [5.74, 6) is 6.32. The molecule has 2 aromatic heterocycles. The Labute approximate surface area is 94.2 Å². The number of aryl methyl sites for hydroxylation is 1. The third-order valence-corrected chi connectivity index (χ3v) is 2.43. The summed E-state index contributed by atoms with van der Waals surface area (Å²) in [4.78, 5) is 0. The van der Waals surface area contributed by atoms with E-state index < -0.39 is 0 Å². The fourth-order valence-corrected chi connectivity index (χ4v) is 1.68. The predicted octanol–water partition coefficient (Wildman–Crippen LogP) is 1.44. The van der Waals surface area contributed by atoms with E-state index in [0.717, 1.165) is 24.3 Å². The van der Waals surface area contributed by atoms with Crippen LogP contribution in [0.5, 0.6) is 0 Å². The number of rotatable bonds is 5. The standard InChI is InChI=1S/C11H16N4O/c1-2-5-15-8-9(7-13-15)11(14-12)10-4-3-6-16-10/h3-4,6-8,11,14H,2,5,12H2,1H3. The van der Waals surface area contributed by atoms with Crippen LogP contribution in [0.15, 0.2) is 35.2 Å². The molecular formula is C11H16N4O. The van der Waals surface area contributed by atoms with Crippen molar-refractivity contribution in [2.75, 3.05) is 0 Å². The van der Waals surface area contributed by atoms with Gasteiger partial charge in [0.25, 0.3) is 0 Å². The number of nitrogens with one attached hydrogen (secondary N) is 1. The van der Waals surface area contributed by atoms with Gasteiger partial charge in [0.05, 0.1) is 12.5 Å². The minimum absolute atomic E-state index is 0.138. The van der Waals surface area contributed by atoms with Crippen molar-refractivity contribution in [3.63, 3.8) is 0 Å². The molecule has 2 rings (SSSR count). The van der Waals surface area contributed by atoms with Crippen molar-refractivity contribution in [3.05, 3.63) is 42.1 Å². The number of furan rings is 1. The average Bonchev–Trinajstić information content (AvgIpc) is 2.92. The Hall–Kier alpha value is -1.59. The van der Waals surface area contributed by atoms with Crippen LogP contribution in [-0.4, -0.2) is 9.78 Å². The Balaban J connectivity index is 2.20. The van der Waals surface area contributed by atoms with Gasteiger partial charge in [0, 0.05) is 18.3 Å². The van der Waals surface area contributed by atoms with Crippen LogP contribution < -0.4 is 11.3 Å². The van der Waals surface area contributed by atoms with Crippen LogP contribution >= 0.6 is 0 Å². The maximum Gasteiger partial charge on any atom is 0.126 e. The lowest BCUT2D eigenvalue weighted by Crippen LogP contribution is -2.28. The van der Waals surface area contributed by atoms with Crippen molar-refractivity contribution in [2.45, 2.75) is 25.9 Å². The van der Waals surface area contributed by atoms with E-state index in [4.69, 9.17) is 10.3 Å². The van der Waals surface area contributed by atoms with Gasteiger partial charge in [-0.1, -0.05) is 6.92 Å². The van der Waals surface area contributed by atoms with Gasteiger partial charge in [0.1, 0.15) is 11.8 Å². The van der Waals surface area contributed by atoms with Crippen LogP contribution in [0.25, 0.3) is 0 Å². The minimum Gasteiger partial charge on any atom is -0.467 e. The summed E-state index contributed by atoms with van der Waals surface area (Å²) in [6.45, 7) is 3.03. The fourth-order valence-electron chi connectivity index (χ4n) is 1.68. The minimum atomic E-state index is -0.138. The second kappa shape index (κ2) is 4.96. The maximum atomic E-state index is 5.53. The zero-order valence-electron chi connectivity index (χ0n) is 9.26. The Kier molecular flexibility index (Phi) is 3.38. The monoisotopic (exact) mass is 220 g/mol. The Morgan fingerprint density at radius 3 is 3.12 bits per heavy atom. The molecule has 0 aromatic carbocycles. The first-order chi connectivity index (χ1) is 7.85. The molecule has 2 aromatic rings. The SMILES string of the molecule is CCCn1cc(C(NN)c2ccco2)cn1. The molecular weight excluding hydrogens is 204 g/mol. The molecule has 0 fully saturated rings. The molecule has 16 heavy (non-hydrogen) atoms. The summed E-state index contributed by atoms with van der Waals surface area (Å²) in [6.07, 6.45) is 6.48. The van der Waals surface area contributed by atoms with Crippen molar-refractivity contribution in [1.82, 2.24) is 15.2 Å². The highest BCUT2D eigenvalue weighted by Crippen LogP contribution is 2.20. The summed E-state index contributed by atoms with van der Waals surface area (Å²) < 4.78 is 7.24. The van der Waals surface area contributed by atoms with E-state index in [0.29, 0.717) is 0 Å². The lowest BCUT2D eigenvalue weighted by molar-refractivity contribution is 0.452. The quantitative estimate of drug-likeness (QED) is 0.591. The second-order valence-electron chi connectivity index (χ2n) is 3.65. The number of aromatic nitrogens is 2. The van der Waals surface area contributed by atoms with Crippen LogP contribution in [-0.2, 0) is 6.54 Å². The number of nitrogens with zero attached hydrogens (tertiary/aromatic N) is 2. The van der Waals surface area contributed by atoms with Crippen LogP contribution in [0.2, 0.25) is 0 Å². The van der Waals surface area contributed by atoms with Gasteiger partial charge in [0.2, 0.25) is 0 Å². The van der Waals surface area contributed by atoms with Crippen molar-refractivity contribution >= 4 is 0 Å². The van der Waals surface area contributed by atoms with E-state index in [2.05, 4.69) is 17.4 Å². The van der Waals surface area contributed by atoms with E-state index in [-0.39, 0.29) is 6.04 Å². The number of nitrogens with two attached hydrogens (primary N) is 1.